The molecule has 0 bridgehead atoms. The van der Waals surface area contributed by atoms with Crippen molar-refractivity contribution >= 4 is 5.97 Å². The number of carbonyl (C=O) groups excluding carboxylic acids is 1. The minimum atomic E-state index is -0.145. The lowest BCUT2D eigenvalue weighted by Crippen LogP contribution is -2.57. The molecule has 2 rings (SSSR count). The van der Waals surface area contributed by atoms with E-state index in [1.165, 1.54) is 0 Å². The highest BCUT2D eigenvalue weighted by Gasteiger charge is 2.32. The number of piperazine rings is 1. The standard InChI is InChI=1S/C12H22N2O3/c1-2-16-12(15)11-8-13-5-6-14(11)9-10-4-3-7-17-10/h10-11,13H,2-9H2,1H3. The van der Waals surface area contributed by atoms with Crippen LogP contribution in [-0.4, -0.2) is 62.4 Å². The van der Waals surface area contributed by atoms with E-state index in [2.05, 4.69) is 10.2 Å². The fourth-order valence-corrected chi connectivity index (χ4v) is 2.49. The third-order valence-electron chi connectivity index (χ3n) is 3.38. The molecule has 0 aromatic rings. The zero-order chi connectivity index (χ0) is 12.1. The van der Waals surface area contributed by atoms with Crippen LogP contribution in [0.3, 0.4) is 0 Å². The van der Waals surface area contributed by atoms with E-state index in [0.29, 0.717) is 19.3 Å². The summed E-state index contributed by atoms with van der Waals surface area (Å²) in [7, 11) is 0. The van der Waals surface area contributed by atoms with Crippen molar-refractivity contribution in [2.75, 3.05) is 39.4 Å². The van der Waals surface area contributed by atoms with Crippen LogP contribution in [0.4, 0.5) is 0 Å². The van der Waals surface area contributed by atoms with Gasteiger partial charge < -0.3 is 14.8 Å². The highest BCUT2D eigenvalue weighted by atomic mass is 16.5. The summed E-state index contributed by atoms with van der Waals surface area (Å²) in [6.45, 7) is 6.52. The van der Waals surface area contributed by atoms with Crippen LogP contribution in [0.2, 0.25) is 0 Å². The van der Waals surface area contributed by atoms with Gasteiger partial charge in [-0.2, -0.15) is 0 Å². The summed E-state index contributed by atoms with van der Waals surface area (Å²) in [5.74, 6) is -0.113. The Labute approximate surface area is 102 Å². The van der Waals surface area contributed by atoms with Gasteiger partial charge in [-0.3, -0.25) is 9.69 Å². The van der Waals surface area contributed by atoms with Crippen molar-refractivity contribution in [3.05, 3.63) is 0 Å². The minimum absolute atomic E-state index is 0.113. The summed E-state index contributed by atoms with van der Waals surface area (Å²) in [6, 6.07) is -0.145. The number of hydrogen-bond acceptors (Lipinski definition) is 5. The van der Waals surface area contributed by atoms with E-state index in [9.17, 15) is 4.79 Å². The molecule has 0 aromatic heterocycles. The molecule has 0 saturated carbocycles. The molecular formula is C12H22N2O3. The lowest BCUT2D eigenvalue weighted by molar-refractivity contribution is -0.150. The minimum Gasteiger partial charge on any atom is -0.465 e. The molecule has 0 aromatic carbocycles. The van der Waals surface area contributed by atoms with Crippen molar-refractivity contribution in [3.63, 3.8) is 0 Å². The number of hydrogen-bond donors (Lipinski definition) is 1. The molecule has 2 aliphatic heterocycles. The lowest BCUT2D eigenvalue weighted by atomic mass is 10.1. The Balaban J connectivity index is 1.89. The lowest BCUT2D eigenvalue weighted by Gasteiger charge is -2.35. The van der Waals surface area contributed by atoms with E-state index in [-0.39, 0.29) is 12.0 Å². The zero-order valence-corrected chi connectivity index (χ0v) is 10.5. The van der Waals surface area contributed by atoms with Crippen molar-refractivity contribution in [2.24, 2.45) is 0 Å². The van der Waals surface area contributed by atoms with E-state index < -0.39 is 0 Å². The summed E-state index contributed by atoms with van der Waals surface area (Å²) in [6.07, 6.45) is 2.55. The topological polar surface area (TPSA) is 50.8 Å². The van der Waals surface area contributed by atoms with Crippen LogP contribution in [0.5, 0.6) is 0 Å². The first-order valence-electron chi connectivity index (χ1n) is 6.54. The molecule has 5 heteroatoms. The highest BCUT2D eigenvalue weighted by molar-refractivity contribution is 5.76. The molecule has 2 atom stereocenters. The largest absolute Gasteiger partial charge is 0.465 e. The van der Waals surface area contributed by atoms with Gasteiger partial charge in [0.25, 0.3) is 0 Å². The first-order valence-corrected chi connectivity index (χ1v) is 6.54. The maximum absolute atomic E-state index is 11.8. The van der Waals surface area contributed by atoms with Crippen LogP contribution in [0.15, 0.2) is 0 Å². The van der Waals surface area contributed by atoms with E-state index in [0.717, 1.165) is 39.1 Å². The van der Waals surface area contributed by atoms with Gasteiger partial charge in [0.2, 0.25) is 0 Å². The van der Waals surface area contributed by atoms with Gasteiger partial charge in [0.15, 0.2) is 0 Å². The molecule has 2 saturated heterocycles. The molecule has 2 fully saturated rings. The third kappa shape index (κ3) is 3.40. The van der Waals surface area contributed by atoms with Crippen LogP contribution in [-0.2, 0) is 14.3 Å². The van der Waals surface area contributed by atoms with Gasteiger partial charge in [-0.1, -0.05) is 0 Å². The van der Waals surface area contributed by atoms with E-state index in [4.69, 9.17) is 9.47 Å². The Morgan fingerprint density at radius 1 is 1.59 bits per heavy atom. The van der Waals surface area contributed by atoms with Gasteiger partial charge in [-0.05, 0) is 19.8 Å². The molecule has 0 amide bonds. The van der Waals surface area contributed by atoms with Gasteiger partial charge in [0.05, 0.1) is 12.7 Å². The Morgan fingerprint density at radius 2 is 2.47 bits per heavy atom. The van der Waals surface area contributed by atoms with Crippen molar-refractivity contribution in [1.29, 1.82) is 0 Å². The second kappa shape index (κ2) is 6.33. The number of ether oxygens (including phenoxy) is 2. The monoisotopic (exact) mass is 242 g/mol. The van der Waals surface area contributed by atoms with Gasteiger partial charge in [0.1, 0.15) is 6.04 Å². The molecule has 98 valence electrons. The van der Waals surface area contributed by atoms with E-state index in [1.54, 1.807) is 0 Å². The van der Waals surface area contributed by atoms with Gasteiger partial charge in [-0.25, -0.2) is 0 Å². The van der Waals surface area contributed by atoms with Crippen molar-refractivity contribution in [2.45, 2.75) is 31.9 Å². The van der Waals surface area contributed by atoms with Crippen LogP contribution in [0, 0.1) is 0 Å². The molecule has 2 heterocycles. The molecule has 0 aliphatic carbocycles. The normalized spacial score (nSPS) is 30.4. The van der Waals surface area contributed by atoms with E-state index >= 15 is 0 Å². The fraction of sp³-hybridized carbons (Fsp3) is 0.917. The molecule has 0 radical (unpaired) electrons. The summed E-state index contributed by atoms with van der Waals surface area (Å²) < 4.78 is 10.7. The number of carbonyl (C=O) groups is 1. The summed E-state index contributed by atoms with van der Waals surface area (Å²) in [4.78, 5) is 14.0. The predicted molar refractivity (Wildman–Crippen MR) is 63.8 cm³/mol. The number of nitrogens with zero attached hydrogens (tertiary/aromatic N) is 1. The Morgan fingerprint density at radius 3 is 3.18 bits per heavy atom. The third-order valence-corrected chi connectivity index (χ3v) is 3.38. The maximum atomic E-state index is 11.8. The molecule has 2 unspecified atom stereocenters. The summed E-state index contributed by atoms with van der Waals surface area (Å²) >= 11 is 0. The first kappa shape index (κ1) is 12.8. The Kier molecular flexibility index (Phi) is 4.76. The zero-order valence-electron chi connectivity index (χ0n) is 10.5. The van der Waals surface area contributed by atoms with Crippen molar-refractivity contribution in [3.8, 4) is 0 Å². The number of rotatable bonds is 4. The number of esters is 1. The average Bonchev–Trinajstić information content (AvgIpc) is 2.83. The maximum Gasteiger partial charge on any atom is 0.324 e. The molecule has 0 spiro atoms. The van der Waals surface area contributed by atoms with Gasteiger partial charge in [0, 0.05) is 32.8 Å². The van der Waals surface area contributed by atoms with Gasteiger partial charge in [-0.15, -0.1) is 0 Å². The molecule has 1 N–H and O–H groups in total. The van der Waals surface area contributed by atoms with Crippen LogP contribution < -0.4 is 5.32 Å². The molecular weight excluding hydrogens is 220 g/mol. The van der Waals surface area contributed by atoms with Crippen LogP contribution in [0.1, 0.15) is 19.8 Å². The smallest absolute Gasteiger partial charge is 0.324 e. The summed E-state index contributed by atoms with van der Waals surface area (Å²) in [5, 5.41) is 3.25. The van der Waals surface area contributed by atoms with E-state index in [1.807, 2.05) is 6.92 Å². The SMILES string of the molecule is CCOC(=O)C1CNCCN1CC1CCCO1. The van der Waals surface area contributed by atoms with Crippen LogP contribution in [0.25, 0.3) is 0 Å². The van der Waals surface area contributed by atoms with Gasteiger partial charge >= 0.3 is 5.97 Å². The van der Waals surface area contributed by atoms with Crippen molar-refractivity contribution < 1.29 is 14.3 Å². The predicted octanol–water partition coefficient (Wildman–Crippen LogP) is 0.00230. The van der Waals surface area contributed by atoms with Crippen LogP contribution >= 0.6 is 0 Å². The second-order valence-electron chi connectivity index (χ2n) is 4.60. The quantitative estimate of drug-likeness (QED) is 0.703. The van der Waals surface area contributed by atoms with Crippen molar-refractivity contribution in [1.82, 2.24) is 10.2 Å². The second-order valence-corrected chi connectivity index (χ2v) is 4.60. The fourth-order valence-electron chi connectivity index (χ4n) is 2.49. The highest BCUT2D eigenvalue weighted by Crippen LogP contribution is 2.16. The number of nitrogens with one attached hydrogen (secondary N) is 1. The molecule has 17 heavy (non-hydrogen) atoms. The Bertz CT molecular complexity index is 254. The molecule has 5 nitrogen and oxygen atoms in total. The first-order chi connectivity index (χ1) is 8.31. The average molecular weight is 242 g/mol. The molecule has 2 aliphatic rings. The Hall–Kier alpha value is -0.650. The summed E-state index contributed by atoms with van der Waals surface area (Å²) in [5.41, 5.74) is 0.